The molecule has 4 rings (SSSR count). The van der Waals surface area contributed by atoms with E-state index in [0.717, 1.165) is 15.9 Å². The number of hydroxylamine groups is 1. The van der Waals surface area contributed by atoms with Gasteiger partial charge in [-0.1, -0.05) is 40.2 Å². The number of para-hydroxylation sites is 1. The summed E-state index contributed by atoms with van der Waals surface area (Å²) in [6, 6.07) is 15.3. The number of hydrogen-bond donors (Lipinski definition) is 1. The Morgan fingerprint density at radius 3 is 2.79 bits per heavy atom. The van der Waals surface area contributed by atoms with E-state index in [4.69, 9.17) is 14.6 Å². The summed E-state index contributed by atoms with van der Waals surface area (Å²) in [5.74, 6) is 1.34. The highest BCUT2D eigenvalue weighted by atomic mass is 79.9. The Bertz CT molecular complexity index is 907. The van der Waals surface area contributed by atoms with Crippen molar-refractivity contribution in [2.24, 2.45) is 4.99 Å². The molecule has 0 atom stereocenters. The van der Waals surface area contributed by atoms with Gasteiger partial charge in [0.1, 0.15) is 5.75 Å². The molecule has 2 aliphatic heterocycles. The van der Waals surface area contributed by atoms with Gasteiger partial charge in [-0.15, -0.1) is 0 Å². The molecule has 28 heavy (non-hydrogen) atoms. The number of halogens is 1. The number of ether oxygens (including phenoxy) is 1. The van der Waals surface area contributed by atoms with Gasteiger partial charge in [0.25, 0.3) is 5.91 Å². The lowest BCUT2D eigenvalue weighted by Gasteiger charge is -2.35. The van der Waals surface area contributed by atoms with Gasteiger partial charge in [0.15, 0.2) is 11.6 Å². The molecule has 1 amide bonds. The van der Waals surface area contributed by atoms with Gasteiger partial charge in [0.05, 0.1) is 12.2 Å². The number of likely N-dealkylation sites (tertiary alicyclic amines) is 1. The Morgan fingerprint density at radius 1 is 1.25 bits per heavy atom. The van der Waals surface area contributed by atoms with Crippen molar-refractivity contribution in [2.45, 2.75) is 25.5 Å². The van der Waals surface area contributed by atoms with Crippen LogP contribution in [0.5, 0.6) is 5.75 Å². The van der Waals surface area contributed by atoms with E-state index in [1.165, 1.54) is 0 Å². The van der Waals surface area contributed by atoms with Crippen LogP contribution in [0, 0.1) is 0 Å². The molecule has 6 nitrogen and oxygen atoms in total. The van der Waals surface area contributed by atoms with Crippen LogP contribution in [-0.4, -0.2) is 42.1 Å². The first-order valence-corrected chi connectivity index (χ1v) is 10.2. The van der Waals surface area contributed by atoms with E-state index in [0.29, 0.717) is 43.9 Å². The average Bonchev–Trinajstić information content (AvgIpc) is 3.12. The fraction of sp³-hybridized carbons (Fsp3) is 0.333. The average molecular weight is 444 g/mol. The molecule has 1 fully saturated rings. The predicted octanol–water partition coefficient (Wildman–Crippen LogP) is 3.76. The van der Waals surface area contributed by atoms with Crippen LogP contribution >= 0.6 is 15.9 Å². The summed E-state index contributed by atoms with van der Waals surface area (Å²) in [5, 5.41) is 0. The van der Waals surface area contributed by atoms with Gasteiger partial charge >= 0.3 is 0 Å². The molecule has 2 aliphatic rings. The van der Waals surface area contributed by atoms with Crippen LogP contribution in [-0.2, 0) is 4.84 Å². The lowest BCUT2D eigenvalue weighted by atomic mass is 10.00. The fourth-order valence-electron chi connectivity index (χ4n) is 3.52. The number of carbonyl (C=O) groups is 1. The zero-order valence-corrected chi connectivity index (χ0v) is 17.2. The molecular formula is C21H22BrN3O3. The summed E-state index contributed by atoms with van der Waals surface area (Å²) in [5.41, 5.74) is 3.92. The van der Waals surface area contributed by atoms with Crippen LogP contribution in [0.25, 0.3) is 0 Å². The number of rotatable bonds is 4. The van der Waals surface area contributed by atoms with E-state index in [2.05, 4.69) is 21.4 Å². The van der Waals surface area contributed by atoms with E-state index in [-0.39, 0.29) is 5.91 Å². The van der Waals surface area contributed by atoms with Crippen LogP contribution in [0.3, 0.4) is 0 Å². The third kappa shape index (κ3) is 3.77. The number of amides is 1. The number of carbonyl (C=O) groups excluding carboxylic acids is 1. The number of nitrogens with zero attached hydrogens (tertiary/aromatic N) is 2. The maximum absolute atomic E-state index is 13.0. The number of benzene rings is 2. The minimum Gasteiger partial charge on any atom is -0.493 e. The molecule has 0 saturated carbocycles. The summed E-state index contributed by atoms with van der Waals surface area (Å²) >= 11 is 3.48. The zero-order valence-electron chi connectivity index (χ0n) is 15.7. The van der Waals surface area contributed by atoms with Crippen molar-refractivity contribution in [1.82, 2.24) is 10.4 Å². The Kier molecular flexibility index (Phi) is 5.37. The number of nitrogens with one attached hydrogen (secondary N) is 1. The van der Waals surface area contributed by atoms with Crippen LogP contribution in [0.4, 0.5) is 0 Å². The second-order valence-electron chi connectivity index (χ2n) is 6.84. The van der Waals surface area contributed by atoms with Gasteiger partial charge in [0.2, 0.25) is 0 Å². The van der Waals surface area contributed by atoms with Gasteiger partial charge in [-0.2, -0.15) is 0 Å². The Morgan fingerprint density at radius 2 is 2.04 bits per heavy atom. The number of piperidine rings is 1. The summed E-state index contributed by atoms with van der Waals surface area (Å²) < 4.78 is 6.60. The van der Waals surface area contributed by atoms with Crippen LogP contribution < -0.4 is 10.2 Å². The molecule has 1 spiro atoms. The van der Waals surface area contributed by atoms with E-state index < -0.39 is 5.72 Å². The second kappa shape index (κ2) is 7.93. The quantitative estimate of drug-likeness (QED) is 0.780. The zero-order chi connectivity index (χ0) is 19.6. The highest BCUT2D eigenvalue weighted by Gasteiger charge is 2.41. The minimum absolute atomic E-state index is 0.0129. The van der Waals surface area contributed by atoms with Gasteiger partial charge < -0.3 is 9.64 Å². The molecule has 2 heterocycles. The van der Waals surface area contributed by atoms with Crippen molar-refractivity contribution in [3.8, 4) is 5.75 Å². The van der Waals surface area contributed by atoms with Gasteiger partial charge in [-0.3, -0.25) is 4.79 Å². The fourth-order valence-corrected chi connectivity index (χ4v) is 3.92. The maximum Gasteiger partial charge on any atom is 0.257 e. The van der Waals surface area contributed by atoms with Gasteiger partial charge in [0, 0.05) is 36.0 Å². The van der Waals surface area contributed by atoms with Crippen molar-refractivity contribution in [3.05, 3.63) is 64.1 Å². The van der Waals surface area contributed by atoms with Crippen molar-refractivity contribution < 1.29 is 14.4 Å². The molecule has 146 valence electrons. The largest absolute Gasteiger partial charge is 0.493 e. The monoisotopic (exact) mass is 443 g/mol. The lowest BCUT2D eigenvalue weighted by Crippen LogP contribution is -2.46. The highest BCUT2D eigenvalue weighted by molar-refractivity contribution is 9.10. The van der Waals surface area contributed by atoms with Crippen LogP contribution in [0.1, 0.15) is 35.7 Å². The molecule has 0 bridgehead atoms. The molecule has 2 aromatic carbocycles. The van der Waals surface area contributed by atoms with Crippen LogP contribution in [0.2, 0.25) is 0 Å². The summed E-state index contributed by atoms with van der Waals surface area (Å²) in [7, 11) is 0. The summed E-state index contributed by atoms with van der Waals surface area (Å²) in [6.45, 7) is 3.60. The third-order valence-electron chi connectivity index (χ3n) is 5.00. The summed E-state index contributed by atoms with van der Waals surface area (Å²) in [4.78, 5) is 25.5. The SMILES string of the molecule is CCOc1ccccc1C(=O)N1CCC2(CC1)N=C(c1cccc(Br)c1)NO2. The molecule has 0 unspecified atom stereocenters. The molecular weight excluding hydrogens is 422 g/mol. The maximum atomic E-state index is 13.0. The van der Waals surface area contributed by atoms with Crippen molar-refractivity contribution in [2.75, 3.05) is 19.7 Å². The van der Waals surface area contributed by atoms with E-state index in [9.17, 15) is 4.79 Å². The predicted molar refractivity (Wildman–Crippen MR) is 110 cm³/mol. The van der Waals surface area contributed by atoms with E-state index >= 15 is 0 Å². The molecule has 7 heteroatoms. The van der Waals surface area contributed by atoms with Gasteiger partial charge in [-0.25, -0.2) is 15.3 Å². The van der Waals surface area contributed by atoms with Gasteiger partial charge in [-0.05, 0) is 31.2 Å². The molecule has 2 aromatic rings. The second-order valence-corrected chi connectivity index (χ2v) is 7.76. The van der Waals surface area contributed by atoms with Crippen molar-refractivity contribution >= 4 is 27.7 Å². The molecule has 1 N–H and O–H groups in total. The standard InChI is InChI=1S/C21H22BrN3O3/c1-2-27-18-9-4-3-8-17(18)20(26)25-12-10-21(11-13-25)23-19(24-28-21)15-6-5-7-16(22)14-15/h3-9,14H,2,10-13H2,1H3,(H,23,24). The van der Waals surface area contributed by atoms with E-state index in [1.807, 2.05) is 60.4 Å². The topological polar surface area (TPSA) is 63.2 Å². The lowest BCUT2D eigenvalue weighted by molar-refractivity contribution is -0.0849. The summed E-state index contributed by atoms with van der Waals surface area (Å²) in [6.07, 6.45) is 1.28. The number of hydrogen-bond acceptors (Lipinski definition) is 5. The Balaban J connectivity index is 1.46. The molecule has 0 aromatic heterocycles. The first-order chi connectivity index (χ1) is 13.6. The smallest absolute Gasteiger partial charge is 0.257 e. The van der Waals surface area contributed by atoms with E-state index in [1.54, 1.807) is 0 Å². The Hall–Kier alpha value is -2.38. The van der Waals surface area contributed by atoms with Crippen molar-refractivity contribution in [3.63, 3.8) is 0 Å². The highest BCUT2D eigenvalue weighted by Crippen LogP contribution is 2.32. The first-order valence-electron chi connectivity index (χ1n) is 9.41. The molecule has 1 saturated heterocycles. The number of aliphatic imine (C=N–C) groups is 1. The molecule has 0 aliphatic carbocycles. The third-order valence-corrected chi connectivity index (χ3v) is 5.49. The first kappa shape index (κ1) is 19.0. The minimum atomic E-state index is -0.617. The molecule has 0 radical (unpaired) electrons. The van der Waals surface area contributed by atoms with Crippen molar-refractivity contribution in [1.29, 1.82) is 0 Å². The Labute approximate surface area is 172 Å². The number of amidine groups is 1. The normalized spacial score (nSPS) is 17.9. The van der Waals surface area contributed by atoms with Crippen LogP contribution in [0.15, 0.2) is 58.0 Å².